The summed E-state index contributed by atoms with van der Waals surface area (Å²) in [7, 11) is 0. The van der Waals surface area contributed by atoms with Gasteiger partial charge in [-0.25, -0.2) is 8.78 Å². The number of halogens is 2. The maximum absolute atomic E-state index is 13.1. The molecule has 4 N–H and O–H groups in total. The fourth-order valence-corrected chi connectivity index (χ4v) is 1.84. The summed E-state index contributed by atoms with van der Waals surface area (Å²) in [6.45, 7) is 0.308. The Morgan fingerprint density at radius 2 is 1.76 bits per heavy atom. The number of hydrogen-bond donors (Lipinski definition) is 3. The third-order valence-electron chi connectivity index (χ3n) is 2.97. The summed E-state index contributed by atoms with van der Waals surface area (Å²) in [6, 6.07) is 8.11. The molecule has 0 saturated carbocycles. The van der Waals surface area contributed by atoms with Gasteiger partial charge in [0.05, 0.1) is 5.56 Å². The molecule has 2 rings (SSSR count). The molecule has 0 radical (unpaired) electrons. The van der Waals surface area contributed by atoms with Gasteiger partial charge in [-0.2, -0.15) is 0 Å². The van der Waals surface area contributed by atoms with Crippen LogP contribution in [0.2, 0.25) is 0 Å². The first-order chi connectivity index (χ1) is 9.97. The summed E-state index contributed by atoms with van der Waals surface area (Å²) < 4.78 is 26.0. The minimum absolute atomic E-state index is 0.0976. The van der Waals surface area contributed by atoms with Gasteiger partial charge in [0.25, 0.3) is 5.91 Å². The number of hydrogen-bond acceptors (Lipinski definition) is 3. The van der Waals surface area contributed by atoms with Crippen LogP contribution < -0.4 is 11.1 Å². The average molecular weight is 292 g/mol. The lowest BCUT2D eigenvalue weighted by atomic mass is 10.1. The van der Waals surface area contributed by atoms with E-state index in [1.54, 1.807) is 24.3 Å². The van der Waals surface area contributed by atoms with Crippen LogP contribution in [0.15, 0.2) is 36.4 Å². The molecule has 0 aliphatic carbocycles. The number of benzene rings is 2. The second kappa shape index (κ2) is 6.21. The number of carbonyl (C=O) groups excluding carboxylic acids is 1. The summed E-state index contributed by atoms with van der Waals surface area (Å²) >= 11 is 0. The fraction of sp³-hybridized carbons (Fsp3) is 0.133. The van der Waals surface area contributed by atoms with Crippen molar-refractivity contribution in [2.75, 3.05) is 12.3 Å². The van der Waals surface area contributed by atoms with Crippen LogP contribution in [0.3, 0.4) is 0 Å². The van der Waals surface area contributed by atoms with E-state index in [1.807, 2.05) is 0 Å². The van der Waals surface area contributed by atoms with Crippen molar-refractivity contribution in [2.24, 2.45) is 0 Å². The quantitative estimate of drug-likeness (QED) is 0.756. The topological polar surface area (TPSA) is 75.4 Å². The maximum atomic E-state index is 13.1. The minimum atomic E-state index is -1.12. The number of carbonyl (C=O) groups is 1. The highest BCUT2D eigenvalue weighted by molar-refractivity contribution is 5.99. The van der Waals surface area contributed by atoms with Gasteiger partial charge in [-0.15, -0.1) is 0 Å². The zero-order valence-corrected chi connectivity index (χ0v) is 11.1. The highest BCUT2D eigenvalue weighted by Gasteiger charge is 2.13. The zero-order valence-electron chi connectivity index (χ0n) is 11.1. The minimum Gasteiger partial charge on any atom is -0.508 e. The second-order valence-corrected chi connectivity index (χ2v) is 4.53. The van der Waals surface area contributed by atoms with Gasteiger partial charge in [0, 0.05) is 18.3 Å². The van der Waals surface area contributed by atoms with E-state index >= 15 is 0 Å². The monoisotopic (exact) mass is 292 g/mol. The number of nitrogens with two attached hydrogens (primary N) is 1. The van der Waals surface area contributed by atoms with E-state index in [9.17, 15) is 13.6 Å². The van der Waals surface area contributed by atoms with Crippen LogP contribution in [-0.2, 0) is 6.42 Å². The van der Waals surface area contributed by atoms with Crippen molar-refractivity contribution in [2.45, 2.75) is 6.42 Å². The Kier molecular flexibility index (Phi) is 4.37. The molecule has 0 bridgehead atoms. The Bertz CT molecular complexity index is 657. The van der Waals surface area contributed by atoms with Gasteiger partial charge in [-0.1, -0.05) is 12.1 Å². The van der Waals surface area contributed by atoms with Crippen LogP contribution >= 0.6 is 0 Å². The molecule has 2 aromatic carbocycles. The Morgan fingerprint density at radius 3 is 2.43 bits per heavy atom. The van der Waals surface area contributed by atoms with Crippen LogP contribution in [0.1, 0.15) is 15.9 Å². The van der Waals surface area contributed by atoms with E-state index in [-0.39, 0.29) is 17.0 Å². The van der Waals surface area contributed by atoms with Gasteiger partial charge in [-0.3, -0.25) is 4.79 Å². The highest BCUT2D eigenvalue weighted by atomic mass is 19.2. The first-order valence-electron chi connectivity index (χ1n) is 6.28. The largest absolute Gasteiger partial charge is 0.508 e. The van der Waals surface area contributed by atoms with Crippen LogP contribution in [-0.4, -0.2) is 17.6 Å². The molecule has 0 aromatic heterocycles. The van der Waals surface area contributed by atoms with E-state index in [0.29, 0.717) is 13.0 Å². The Hall–Kier alpha value is -2.63. The van der Waals surface area contributed by atoms with E-state index in [1.165, 1.54) is 0 Å². The van der Waals surface area contributed by atoms with Crippen molar-refractivity contribution >= 4 is 11.6 Å². The summed E-state index contributed by atoms with van der Waals surface area (Å²) in [6.07, 6.45) is 0.537. The average Bonchev–Trinajstić information content (AvgIpc) is 2.45. The summed E-state index contributed by atoms with van der Waals surface area (Å²) in [5, 5.41) is 11.7. The first-order valence-corrected chi connectivity index (χ1v) is 6.28. The third-order valence-corrected chi connectivity index (χ3v) is 2.97. The zero-order chi connectivity index (χ0) is 15.4. The molecule has 1 amide bonds. The number of phenols is 1. The summed E-state index contributed by atoms with van der Waals surface area (Å²) in [5.41, 5.74) is 6.21. The van der Waals surface area contributed by atoms with Gasteiger partial charge in [0.15, 0.2) is 11.6 Å². The molecule has 0 fully saturated rings. The molecular weight excluding hydrogens is 278 g/mol. The van der Waals surface area contributed by atoms with E-state index in [2.05, 4.69) is 5.32 Å². The number of amides is 1. The van der Waals surface area contributed by atoms with Gasteiger partial charge in [-0.05, 0) is 30.2 Å². The third kappa shape index (κ3) is 3.68. The van der Waals surface area contributed by atoms with Crippen molar-refractivity contribution in [1.82, 2.24) is 5.32 Å². The number of rotatable bonds is 4. The molecule has 0 aliphatic rings. The van der Waals surface area contributed by atoms with E-state index in [4.69, 9.17) is 10.8 Å². The van der Waals surface area contributed by atoms with Crippen LogP contribution in [0.25, 0.3) is 0 Å². The molecule has 110 valence electrons. The van der Waals surface area contributed by atoms with Crippen molar-refractivity contribution in [3.8, 4) is 5.75 Å². The lowest BCUT2D eigenvalue weighted by Crippen LogP contribution is -2.26. The Labute approximate surface area is 120 Å². The van der Waals surface area contributed by atoms with E-state index < -0.39 is 17.5 Å². The van der Waals surface area contributed by atoms with Crippen molar-refractivity contribution in [1.29, 1.82) is 0 Å². The predicted molar refractivity (Wildman–Crippen MR) is 74.9 cm³/mol. The Balaban J connectivity index is 1.96. The number of nitrogen functional groups attached to an aromatic ring is 1. The molecule has 0 heterocycles. The second-order valence-electron chi connectivity index (χ2n) is 4.53. The molecule has 21 heavy (non-hydrogen) atoms. The summed E-state index contributed by atoms with van der Waals surface area (Å²) in [5.74, 6) is -2.61. The number of nitrogens with one attached hydrogen (secondary N) is 1. The SMILES string of the molecule is Nc1cc(F)c(F)cc1C(=O)NCCc1ccc(O)cc1. The molecule has 6 heteroatoms. The molecule has 0 aliphatic heterocycles. The molecule has 0 saturated heterocycles. The van der Waals surface area contributed by atoms with Gasteiger partial charge in [0.1, 0.15) is 5.75 Å². The van der Waals surface area contributed by atoms with Crippen LogP contribution in [0, 0.1) is 11.6 Å². The predicted octanol–water partition coefficient (Wildman–Crippen LogP) is 2.23. The molecule has 0 unspecified atom stereocenters. The van der Waals surface area contributed by atoms with Crippen molar-refractivity contribution < 1.29 is 18.7 Å². The number of anilines is 1. The van der Waals surface area contributed by atoms with Gasteiger partial charge < -0.3 is 16.2 Å². The summed E-state index contributed by atoms with van der Waals surface area (Å²) in [4.78, 5) is 11.9. The lowest BCUT2D eigenvalue weighted by molar-refractivity contribution is 0.0954. The normalized spacial score (nSPS) is 10.4. The molecule has 2 aromatic rings. The number of aromatic hydroxyl groups is 1. The number of phenolic OH excluding ortho intramolecular Hbond substituents is 1. The standard InChI is InChI=1S/C15H14F2N2O2/c16-12-7-11(14(18)8-13(12)17)15(21)19-6-5-9-1-3-10(20)4-2-9/h1-4,7-8,20H,5-6,18H2,(H,19,21). The van der Waals surface area contributed by atoms with E-state index in [0.717, 1.165) is 17.7 Å². The van der Waals surface area contributed by atoms with Crippen LogP contribution in [0.5, 0.6) is 5.75 Å². The molecular formula is C15H14F2N2O2. The Morgan fingerprint density at radius 1 is 1.14 bits per heavy atom. The van der Waals surface area contributed by atoms with Crippen molar-refractivity contribution in [3.63, 3.8) is 0 Å². The van der Waals surface area contributed by atoms with Crippen molar-refractivity contribution in [3.05, 3.63) is 59.2 Å². The fourth-order valence-electron chi connectivity index (χ4n) is 1.84. The van der Waals surface area contributed by atoms with Gasteiger partial charge >= 0.3 is 0 Å². The lowest BCUT2D eigenvalue weighted by Gasteiger charge is -2.08. The smallest absolute Gasteiger partial charge is 0.253 e. The molecule has 0 spiro atoms. The molecule has 0 atom stereocenters. The van der Waals surface area contributed by atoms with Gasteiger partial charge in [0.2, 0.25) is 0 Å². The van der Waals surface area contributed by atoms with Crippen LogP contribution in [0.4, 0.5) is 14.5 Å². The maximum Gasteiger partial charge on any atom is 0.253 e. The highest BCUT2D eigenvalue weighted by Crippen LogP contribution is 2.17. The molecule has 4 nitrogen and oxygen atoms in total. The first kappa shape index (κ1) is 14.8.